The lowest BCUT2D eigenvalue weighted by Gasteiger charge is -2.34. The largest absolute Gasteiger partial charge is 0.369 e. The minimum absolute atomic E-state index is 0.102. The zero-order chi connectivity index (χ0) is 24.9. The van der Waals surface area contributed by atoms with Crippen molar-refractivity contribution in [1.29, 1.82) is 0 Å². The number of carbonyl (C=O) groups is 1. The molecule has 2 heterocycles. The minimum Gasteiger partial charge on any atom is -0.369 e. The summed E-state index contributed by atoms with van der Waals surface area (Å²) in [7, 11) is 2.17. The molecule has 0 atom stereocenters. The van der Waals surface area contributed by atoms with E-state index in [0.29, 0.717) is 12.0 Å². The molecule has 3 fully saturated rings. The van der Waals surface area contributed by atoms with Crippen LogP contribution in [0.3, 0.4) is 0 Å². The lowest BCUT2D eigenvalue weighted by molar-refractivity contribution is -0.122. The third-order valence-corrected chi connectivity index (χ3v) is 6.97. The SMILES string of the molecule is CN1CCN(c2ccc(Nc3ncccn3)cc2)CC1.NC(=O)C1CCCCC1.NC1CCCC1. The molecule has 5 rings (SSSR count). The van der Waals surface area contributed by atoms with Gasteiger partial charge in [0.15, 0.2) is 0 Å². The molecule has 3 aliphatic rings. The van der Waals surface area contributed by atoms with Gasteiger partial charge >= 0.3 is 0 Å². The number of hydrogen-bond donors (Lipinski definition) is 3. The molecule has 192 valence electrons. The number of primary amides is 1. The van der Waals surface area contributed by atoms with E-state index < -0.39 is 0 Å². The second-order valence-electron chi connectivity index (χ2n) is 9.82. The van der Waals surface area contributed by atoms with Crippen molar-refractivity contribution in [1.82, 2.24) is 14.9 Å². The van der Waals surface area contributed by atoms with E-state index in [9.17, 15) is 4.79 Å². The van der Waals surface area contributed by atoms with Crippen LogP contribution in [0.15, 0.2) is 42.7 Å². The number of nitrogens with one attached hydrogen (secondary N) is 1. The lowest BCUT2D eigenvalue weighted by atomic mass is 9.89. The molecule has 1 aliphatic heterocycles. The van der Waals surface area contributed by atoms with Crippen molar-refractivity contribution in [2.24, 2.45) is 17.4 Å². The molecule has 1 aromatic carbocycles. The maximum Gasteiger partial charge on any atom is 0.227 e. The molecule has 8 heteroatoms. The van der Waals surface area contributed by atoms with E-state index in [2.05, 4.69) is 56.4 Å². The molecule has 35 heavy (non-hydrogen) atoms. The first-order chi connectivity index (χ1) is 17.0. The van der Waals surface area contributed by atoms with Crippen LogP contribution in [0, 0.1) is 5.92 Å². The molecule has 0 unspecified atom stereocenters. The van der Waals surface area contributed by atoms with Gasteiger partial charge in [0.05, 0.1) is 0 Å². The van der Waals surface area contributed by atoms with Gasteiger partial charge in [-0.05, 0) is 63.1 Å². The first-order valence-corrected chi connectivity index (χ1v) is 13.1. The van der Waals surface area contributed by atoms with Crippen LogP contribution in [0.4, 0.5) is 17.3 Å². The predicted octanol–water partition coefficient (Wildman–Crippen LogP) is 3.91. The molecule has 0 bridgehead atoms. The first-order valence-electron chi connectivity index (χ1n) is 13.1. The number of amides is 1. The van der Waals surface area contributed by atoms with Gasteiger partial charge in [-0.25, -0.2) is 9.97 Å². The molecule has 1 saturated heterocycles. The maximum atomic E-state index is 10.6. The Hall–Kier alpha value is -2.71. The normalized spacial score (nSPS) is 19.2. The topological polar surface area (TPSA) is 113 Å². The molecule has 2 aromatic rings. The number of hydrogen-bond acceptors (Lipinski definition) is 7. The second kappa shape index (κ2) is 14.6. The number of carbonyl (C=O) groups excluding carboxylic acids is 1. The highest BCUT2D eigenvalue weighted by Gasteiger charge is 2.17. The van der Waals surface area contributed by atoms with Crippen molar-refractivity contribution in [2.75, 3.05) is 43.4 Å². The Morgan fingerprint density at radius 2 is 1.46 bits per heavy atom. The summed E-state index contributed by atoms with van der Waals surface area (Å²) in [5, 5.41) is 3.19. The van der Waals surface area contributed by atoms with Crippen molar-refractivity contribution in [3.8, 4) is 0 Å². The van der Waals surface area contributed by atoms with Gasteiger partial charge in [0.25, 0.3) is 0 Å². The molecule has 1 aromatic heterocycles. The highest BCUT2D eigenvalue weighted by Crippen LogP contribution is 2.23. The lowest BCUT2D eigenvalue weighted by Crippen LogP contribution is -2.44. The van der Waals surface area contributed by atoms with Crippen molar-refractivity contribution in [2.45, 2.75) is 63.8 Å². The monoisotopic (exact) mass is 481 g/mol. The van der Waals surface area contributed by atoms with Crippen molar-refractivity contribution < 1.29 is 4.79 Å². The molecule has 2 aliphatic carbocycles. The van der Waals surface area contributed by atoms with Gasteiger partial charge in [-0.2, -0.15) is 0 Å². The average Bonchev–Trinajstić information content (AvgIpc) is 3.38. The molecular formula is C27H43N7O. The van der Waals surface area contributed by atoms with Gasteiger partial charge in [-0.1, -0.05) is 32.1 Å². The van der Waals surface area contributed by atoms with Gasteiger partial charge in [-0.3, -0.25) is 4.79 Å². The van der Waals surface area contributed by atoms with E-state index in [0.717, 1.165) is 44.7 Å². The number of anilines is 3. The van der Waals surface area contributed by atoms with Gasteiger partial charge in [0.1, 0.15) is 0 Å². The fraction of sp³-hybridized carbons (Fsp3) is 0.593. The Morgan fingerprint density at radius 1 is 0.886 bits per heavy atom. The third kappa shape index (κ3) is 9.82. The van der Waals surface area contributed by atoms with Crippen LogP contribution in [0.2, 0.25) is 0 Å². The van der Waals surface area contributed by atoms with Crippen LogP contribution in [0.1, 0.15) is 57.8 Å². The van der Waals surface area contributed by atoms with Crippen LogP contribution >= 0.6 is 0 Å². The van der Waals surface area contributed by atoms with Crippen LogP contribution in [0.25, 0.3) is 0 Å². The molecule has 1 amide bonds. The summed E-state index contributed by atoms with van der Waals surface area (Å²) in [6, 6.07) is 10.8. The van der Waals surface area contributed by atoms with Crippen LogP contribution < -0.4 is 21.7 Å². The highest BCUT2D eigenvalue weighted by molar-refractivity contribution is 5.76. The Bertz CT molecular complexity index is 842. The van der Waals surface area contributed by atoms with Gasteiger partial charge in [0, 0.05) is 61.9 Å². The van der Waals surface area contributed by atoms with Crippen LogP contribution in [-0.4, -0.2) is 60.0 Å². The number of piperazine rings is 1. The molecule has 0 spiro atoms. The number of nitrogens with two attached hydrogens (primary N) is 2. The molecule has 8 nitrogen and oxygen atoms in total. The predicted molar refractivity (Wildman–Crippen MR) is 144 cm³/mol. The second-order valence-corrected chi connectivity index (χ2v) is 9.82. The Labute approximate surface area is 210 Å². The van der Waals surface area contributed by atoms with E-state index >= 15 is 0 Å². The van der Waals surface area contributed by atoms with Crippen molar-refractivity contribution in [3.63, 3.8) is 0 Å². The Balaban J connectivity index is 0.000000187. The summed E-state index contributed by atoms with van der Waals surface area (Å²) in [5.41, 5.74) is 12.9. The number of likely N-dealkylation sites (N-methyl/N-ethyl adjacent to an activating group) is 1. The van der Waals surface area contributed by atoms with Crippen LogP contribution in [0.5, 0.6) is 0 Å². The quantitative estimate of drug-likeness (QED) is 0.607. The third-order valence-electron chi connectivity index (χ3n) is 6.97. The maximum absolute atomic E-state index is 10.6. The zero-order valence-electron chi connectivity index (χ0n) is 21.2. The molecule has 0 radical (unpaired) electrons. The fourth-order valence-electron chi connectivity index (χ4n) is 4.66. The van der Waals surface area contributed by atoms with E-state index in [1.54, 1.807) is 12.4 Å². The molecular weight excluding hydrogens is 438 g/mol. The van der Waals surface area contributed by atoms with Crippen molar-refractivity contribution in [3.05, 3.63) is 42.7 Å². The molecule has 5 N–H and O–H groups in total. The summed E-state index contributed by atoms with van der Waals surface area (Å²) in [6.07, 6.45) is 14.4. The van der Waals surface area contributed by atoms with E-state index in [1.807, 2.05) is 6.07 Å². The standard InChI is InChI=1S/C15H19N5.C7H13NO.C5H11N/c1-19-9-11-20(12-10-19)14-5-3-13(4-6-14)18-15-16-7-2-8-17-15;8-7(9)6-4-2-1-3-5-6;6-5-3-1-2-4-5/h2-8H,9-12H2,1H3,(H,16,17,18);6H,1-5H2,(H2,8,9);5H,1-4,6H2. The number of benzene rings is 1. The van der Waals surface area contributed by atoms with Crippen molar-refractivity contribution >= 4 is 23.2 Å². The Morgan fingerprint density at radius 3 is 1.94 bits per heavy atom. The number of rotatable bonds is 4. The fourth-order valence-corrected chi connectivity index (χ4v) is 4.66. The minimum atomic E-state index is -0.102. The smallest absolute Gasteiger partial charge is 0.227 e. The highest BCUT2D eigenvalue weighted by atomic mass is 16.1. The van der Waals surface area contributed by atoms with Gasteiger partial charge in [0.2, 0.25) is 11.9 Å². The summed E-state index contributed by atoms with van der Waals surface area (Å²) in [4.78, 5) is 23.7. The Kier molecular flexibility index (Phi) is 11.2. The summed E-state index contributed by atoms with van der Waals surface area (Å²) < 4.78 is 0. The number of aromatic nitrogens is 2. The van der Waals surface area contributed by atoms with E-state index in [-0.39, 0.29) is 11.8 Å². The average molecular weight is 482 g/mol. The molecule has 2 saturated carbocycles. The van der Waals surface area contributed by atoms with Crippen LogP contribution in [-0.2, 0) is 4.79 Å². The van der Waals surface area contributed by atoms with Gasteiger partial charge < -0.3 is 26.6 Å². The van der Waals surface area contributed by atoms with E-state index in [1.165, 1.54) is 50.6 Å². The van der Waals surface area contributed by atoms with E-state index in [4.69, 9.17) is 11.5 Å². The summed E-state index contributed by atoms with van der Waals surface area (Å²) in [6.45, 7) is 4.42. The summed E-state index contributed by atoms with van der Waals surface area (Å²) >= 11 is 0. The zero-order valence-corrected chi connectivity index (χ0v) is 21.2. The summed E-state index contributed by atoms with van der Waals surface area (Å²) in [5.74, 6) is 0.716. The first kappa shape index (κ1) is 26.9. The van der Waals surface area contributed by atoms with Gasteiger partial charge in [-0.15, -0.1) is 0 Å². The number of nitrogens with zero attached hydrogens (tertiary/aromatic N) is 4.